The van der Waals surface area contributed by atoms with Crippen molar-refractivity contribution in [2.75, 3.05) is 5.73 Å². The summed E-state index contributed by atoms with van der Waals surface area (Å²) < 4.78 is 44.3. The van der Waals surface area contributed by atoms with Crippen molar-refractivity contribution in [1.82, 2.24) is 14.3 Å². The molecular formula is C9H7F3N4OS. The predicted octanol–water partition coefficient (Wildman–Crippen LogP) is 2.39. The van der Waals surface area contributed by atoms with E-state index < -0.39 is 6.36 Å². The molecule has 0 aliphatic rings. The fourth-order valence-electron chi connectivity index (χ4n) is 1.31. The van der Waals surface area contributed by atoms with Gasteiger partial charge >= 0.3 is 6.36 Å². The average Bonchev–Trinajstić information content (AvgIpc) is 2.66. The number of alkyl halides is 3. The van der Waals surface area contributed by atoms with Gasteiger partial charge in [-0.05, 0) is 13.0 Å². The van der Waals surface area contributed by atoms with Gasteiger partial charge in [-0.25, -0.2) is 0 Å². The first-order valence-electron chi connectivity index (χ1n) is 4.68. The number of halogens is 3. The summed E-state index contributed by atoms with van der Waals surface area (Å²) in [7, 11) is 0. The number of anilines is 1. The highest BCUT2D eigenvalue weighted by atomic mass is 32.1. The predicted molar refractivity (Wildman–Crippen MR) is 59.0 cm³/mol. The zero-order valence-electron chi connectivity index (χ0n) is 9.02. The summed E-state index contributed by atoms with van der Waals surface area (Å²) in [6.07, 6.45) is -3.56. The fourth-order valence-corrected chi connectivity index (χ4v) is 1.74. The Morgan fingerprint density at radius 2 is 2.11 bits per heavy atom. The first kappa shape index (κ1) is 12.6. The van der Waals surface area contributed by atoms with Crippen LogP contribution in [0, 0.1) is 6.92 Å². The normalized spacial score (nSPS) is 11.6. The average molecular weight is 276 g/mol. The monoisotopic (exact) mass is 276 g/mol. The van der Waals surface area contributed by atoms with Crippen molar-refractivity contribution in [3.05, 3.63) is 17.8 Å². The van der Waals surface area contributed by atoms with Crippen LogP contribution in [-0.2, 0) is 0 Å². The van der Waals surface area contributed by atoms with Gasteiger partial charge in [0, 0.05) is 23.3 Å². The molecule has 96 valence electrons. The lowest BCUT2D eigenvalue weighted by molar-refractivity contribution is -0.274. The molecule has 2 rings (SSSR count). The van der Waals surface area contributed by atoms with Crippen LogP contribution >= 0.6 is 11.5 Å². The van der Waals surface area contributed by atoms with Crippen molar-refractivity contribution in [3.8, 4) is 17.3 Å². The van der Waals surface area contributed by atoms with Crippen molar-refractivity contribution < 1.29 is 17.9 Å². The van der Waals surface area contributed by atoms with Gasteiger partial charge in [-0.3, -0.25) is 4.98 Å². The molecule has 5 nitrogen and oxygen atoms in total. The largest absolute Gasteiger partial charge is 0.573 e. The number of pyridine rings is 1. The van der Waals surface area contributed by atoms with Crippen LogP contribution in [0.3, 0.4) is 0 Å². The summed E-state index contributed by atoms with van der Waals surface area (Å²) in [5.74, 6) is -0.150. The summed E-state index contributed by atoms with van der Waals surface area (Å²) in [4.78, 5) is 7.80. The standard InChI is InChI=1S/C9H7F3N4OS/c1-4-5(17-9(10,11)12)2-3-14-6(4)7-15-8(13)18-16-7/h2-3H,1H3,(H2,13,15,16). The Hall–Kier alpha value is -1.90. The van der Waals surface area contributed by atoms with Gasteiger partial charge in [-0.1, -0.05) is 0 Å². The van der Waals surface area contributed by atoms with Gasteiger partial charge in [0.05, 0.1) is 0 Å². The topological polar surface area (TPSA) is 73.9 Å². The number of nitrogens with zero attached hydrogens (tertiary/aromatic N) is 3. The maximum atomic E-state index is 12.2. The number of hydrogen-bond acceptors (Lipinski definition) is 6. The third-order valence-electron chi connectivity index (χ3n) is 2.03. The van der Waals surface area contributed by atoms with Crippen LogP contribution in [0.15, 0.2) is 12.3 Å². The van der Waals surface area contributed by atoms with Crippen molar-refractivity contribution in [2.45, 2.75) is 13.3 Å². The van der Waals surface area contributed by atoms with Crippen LogP contribution in [0.1, 0.15) is 5.56 Å². The highest BCUT2D eigenvalue weighted by Gasteiger charge is 2.32. The molecular weight excluding hydrogens is 269 g/mol. The van der Waals surface area contributed by atoms with E-state index in [4.69, 9.17) is 5.73 Å². The highest BCUT2D eigenvalue weighted by molar-refractivity contribution is 7.09. The van der Waals surface area contributed by atoms with Crippen LogP contribution in [0.5, 0.6) is 5.75 Å². The smallest absolute Gasteiger partial charge is 0.405 e. The van der Waals surface area contributed by atoms with E-state index in [0.29, 0.717) is 0 Å². The molecule has 0 amide bonds. The molecule has 18 heavy (non-hydrogen) atoms. The molecule has 0 fully saturated rings. The SMILES string of the molecule is Cc1c(OC(F)(F)F)ccnc1-c1nsc(N)n1. The Labute approximate surface area is 104 Å². The zero-order chi connectivity index (χ0) is 13.3. The molecule has 2 N–H and O–H groups in total. The molecule has 0 aliphatic carbocycles. The summed E-state index contributed by atoms with van der Waals surface area (Å²) in [5, 5.41) is 0.216. The Bertz CT molecular complexity index is 569. The van der Waals surface area contributed by atoms with Crippen molar-refractivity contribution in [3.63, 3.8) is 0 Å². The highest BCUT2D eigenvalue weighted by Crippen LogP contribution is 2.30. The van der Waals surface area contributed by atoms with Crippen molar-refractivity contribution in [2.24, 2.45) is 0 Å². The van der Waals surface area contributed by atoms with E-state index in [1.165, 1.54) is 13.1 Å². The van der Waals surface area contributed by atoms with Gasteiger partial charge in [0.25, 0.3) is 0 Å². The van der Waals surface area contributed by atoms with E-state index in [1.54, 1.807) is 0 Å². The molecule has 0 atom stereocenters. The van der Waals surface area contributed by atoms with Gasteiger partial charge in [-0.2, -0.15) is 9.36 Å². The second kappa shape index (κ2) is 4.41. The maximum Gasteiger partial charge on any atom is 0.573 e. The van der Waals surface area contributed by atoms with E-state index in [2.05, 4.69) is 19.1 Å². The molecule has 0 unspecified atom stereocenters. The molecule has 0 aromatic carbocycles. The Morgan fingerprint density at radius 3 is 2.67 bits per heavy atom. The number of nitrogens with two attached hydrogens (primary N) is 1. The van der Waals surface area contributed by atoms with Gasteiger partial charge in [0.2, 0.25) is 0 Å². The molecule has 2 aromatic rings. The van der Waals surface area contributed by atoms with E-state index in [0.717, 1.165) is 17.6 Å². The minimum absolute atomic E-state index is 0.183. The number of aromatic nitrogens is 3. The number of rotatable bonds is 2. The molecule has 0 radical (unpaired) electrons. The molecule has 0 bridgehead atoms. The fraction of sp³-hybridized carbons (Fsp3) is 0.222. The van der Waals surface area contributed by atoms with E-state index in [-0.39, 0.29) is 28.0 Å². The summed E-state index contributed by atoms with van der Waals surface area (Å²) in [5.41, 5.74) is 5.83. The van der Waals surface area contributed by atoms with E-state index in [1.807, 2.05) is 0 Å². The van der Waals surface area contributed by atoms with Gasteiger partial charge < -0.3 is 10.5 Å². The molecule has 0 spiro atoms. The first-order valence-corrected chi connectivity index (χ1v) is 5.45. The molecule has 2 heterocycles. The molecule has 2 aromatic heterocycles. The summed E-state index contributed by atoms with van der Waals surface area (Å²) in [6, 6.07) is 1.13. The van der Waals surface area contributed by atoms with Crippen molar-refractivity contribution in [1.29, 1.82) is 0 Å². The maximum absolute atomic E-state index is 12.2. The van der Waals surface area contributed by atoms with Gasteiger partial charge in [0.1, 0.15) is 11.4 Å². The minimum atomic E-state index is -4.75. The molecule has 0 saturated heterocycles. The zero-order valence-corrected chi connectivity index (χ0v) is 9.84. The molecule has 0 saturated carbocycles. The van der Waals surface area contributed by atoms with Crippen LogP contribution in [0.2, 0.25) is 0 Å². The number of ether oxygens (including phenoxy) is 1. The lowest BCUT2D eigenvalue weighted by Gasteiger charge is -2.12. The van der Waals surface area contributed by atoms with Gasteiger partial charge in [-0.15, -0.1) is 13.2 Å². The first-order chi connectivity index (χ1) is 8.37. The third kappa shape index (κ3) is 2.67. The Morgan fingerprint density at radius 1 is 1.39 bits per heavy atom. The van der Waals surface area contributed by atoms with E-state index in [9.17, 15) is 13.2 Å². The lowest BCUT2D eigenvalue weighted by atomic mass is 10.2. The quantitative estimate of drug-likeness (QED) is 0.911. The summed E-state index contributed by atoms with van der Waals surface area (Å²) >= 11 is 0.941. The second-order valence-electron chi connectivity index (χ2n) is 3.29. The second-order valence-corrected chi connectivity index (χ2v) is 4.07. The van der Waals surface area contributed by atoms with E-state index >= 15 is 0 Å². The van der Waals surface area contributed by atoms with Crippen LogP contribution in [-0.4, -0.2) is 20.7 Å². The lowest BCUT2D eigenvalue weighted by Crippen LogP contribution is -2.18. The molecule has 9 heteroatoms. The summed E-state index contributed by atoms with van der Waals surface area (Å²) in [6.45, 7) is 1.45. The number of hydrogen-bond donors (Lipinski definition) is 1. The third-order valence-corrected chi connectivity index (χ3v) is 2.58. The minimum Gasteiger partial charge on any atom is -0.405 e. The van der Waals surface area contributed by atoms with Crippen LogP contribution in [0.25, 0.3) is 11.5 Å². The molecule has 0 aliphatic heterocycles. The Kier molecular flexibility index (Phi) is 3.07. The van der Waals surface area contributed by atoms with Crippen LogP contribution in [0.4, 0.5) is 18.3 Å². The van der Waals surface area contributed by atoms with Gasteiger partial charge in [0.15, 0.2) is 11.0 Å². The number of nitrogen functional groups attached to an aromatic ring is 1. The van der Waals surface area contributed by atoms with Crippen LogP contribution < -0.4 is 10.5 Å². The Balaban J connectivity index is 2.42. The van der Waals surface area contributed by atoms with Crippen molar-refractivity contribution >= 4 is 16.7 Å².